The number of nitrogens with one attached hydrogen (secondary N) is 2. The molecule has 2 aromatic carbocycles. The number of benzene rings is 2. The molecule has 1 aliphatic rings. The number of fused-ring (bicyclic) bond motifs is 2. The van der Waals surface area contributed by atoms with Gasteiger partial charge in [-0.2, -0.15) is 20.7 Å². The fraction of sp³-hybridized carbons (Fsp3) is 0.256. The van der Waals surface area contributed by atoms with Crippen molar-refractivity contribution in [3.63, 3.8) is 0 Å². The average Bonchev–Trinajstić information content (AvgIpc) is 4.11. The van der Waals surface area contributed by atoms with Gasteiger partial charge >= 0.3 is 0 Å². The fourth-order valence-corrected chi connectivity index (χ4v) is 8.96. The van der Waals surface area contributed by atoms with Crippen LogP contribution < -0.4 is 0 Å². The number of nitrogens with zero attached hydrogens (tertiary/aromatic N) is 10. The van der Waals surface area contributed by atoms with E-state index in [0.717, 1.165) is 75.8 Å². The van der Waals surface area contributed by atoms with Gasteiger partial charge < -0.3 is 9.97 Å². The van der Waals surface area contributed by atoms with Gasteiger partial charge in [0.2, 0.25) is 0 Å². The molecule has 14 nitrogen and oxygen atoms in total. The first-order chi connectivity index (χ1) is 28.4. The van der Waals surface area contributed by atoms with E-state index in [1.807, 2.05) is 67.1 Å². The molecule has 1 atom stereocenters. The zero-order valence-electron chi connectivity index (χ0n) is 31.6. The first kappa shape index (κ1) is 37.9. The number of nitriles is 2. The van der Waals surface area contributed by atoms with E-state index in [2.05, 4.69) is 63.1 Å². The van der Waals surface area contributed by atoms with Crippen LogP contribution in [0.3, 0.4) is 0 Å². The molecule has 6 aromatic heterocycles. The highest BCUT2D eigenvalue weighted by molar-refractivity contribution is 7.91. The van der Waals surface area contributed by atoms with Gasteiger partial charge in [0.1, 0.15) is 23.9 Å². The number of hydrogen-bond acceptors (Lipinski definition) is 10. The van der Waals surface area contributed by atoms with Gasteiger partial charge in [-0.25, -0.2) is 28.4 Å². The van der Waals surface area contributed by atoms with E-state index in [4.69, 9.17) is 5.26 Å². The van der Waals surface area contributed by atoms with Crippen LogP contribution in [0.5, 0.6) is 0 Å². The second-order valence-electron chi connectivity index (χ2n) is 14.4. The standard InChI is InChI=1S/C26H22N6O2S.C17H18N6/c27-12-9-24(32-17-21(16-31-32)25-23-10-13-28-26(23)30-18-29-25)20-7-4-8-22(15-20)35(33,34)14-11-19-5-2-1-3-6-19;18-7-5-12-1-3-14(4-2-12)23-10-13(9-22-23)16-15-6-8-19-17(15)21-11-20-16/h1-8,10,13,15-18,24H,9,11,14H2,(H,28,29,30);6,8-12,14H,1-5H2,(H,19,20,21). The molecule has 1 aliphatic carbocycles. The third-order valence-electron chi connectivity index (χ3n) is 10.7. The molecule has 6 heterocycles. The highest BCUT2D eigenvalue weighted by atomic mass is 32.2. The molecule has 1 saturated carbocycles. The maximum absolute atomic E-state index is 13.1. The van der Waals surface area contributed by atoms with Crippen molar-refractivity contribution in [1.29, 1.82) is 10.5 Å². The second kappa shape index (κ2) is 17.0. The largest absolute Gasteiger partial charge is 0.346 e. The predicted octanol–water partition coefficient (Wildman–Crippen LogP) is 7.81. The summed E-state index contributed by atoms with van der Waals surface area (Å²) >= 11 is 0. The molecule has 0 spiro atoms. The topological polar surface area (TPSA) is 200 Å². The van der Waals surface area contributed by atoms with E-state index in [1.165, 1.54) is 6.33 Å². The van der Waals surface area contributed by atoms with Gasteiger partial charge in [0.15, 0.2) is 9.84 Å². The summed E-state index contributed by atoms with van der Waals surface area (Å²) in [7, 11) is -3.50. The lowest BCUT2D eigenvalue weighted by Gasteiger charge is -2.27. The molecule has 1 fully saturated rings. The van der Waals surface area contributed by atoms with Crippen LogP contribution in [0.2, 0.25) is 0 Å². The van der Waals surface area contributed by atoms with Crippen molar-refractivity contribution in [2.24, 2.45) is 5.92 Å². The first-order valence-electron chi connectivity index (χ1n) is 19.2. The van der Waals surface area contributed by atoms with Crippen molar-refractivity contribution in [3.8, 4) is 34.7 Å². The van der Waals surface area contributed by atoms with Crippen LogP contribution in [0.1, 0.15) is 61.7 Å². The van der Waals surface area contributed by atoms with E-state index < -0.39 is 15.9 Å². The average molecular weight is 789 g/mol. The molecular formula is C43H40N12O2S. The maximum Gasteiger partial charge on any atom is 0.178 e. The molecule has 9 rings (SSSR count). The Bertz CT molecular complexity index is 2840. The summed E-state index contributed by atoms with van der Waals surface area (Å²) in [6, 6.07) is 24.7. The van der Waals surface area contributed by atoms with Crippen molar-refractivity contribution in [3.05, 3.63) is 128 Å². The number of rotatable bonds is 11. The van der Waals surface area contributed by atoms with Gasteiger partial charge in [0.25, 0.3) is 0 Å². The van der Waals surface area contributed by atoms with Crippen LogP contribution in [0.25, 0.3) is 44.6 Å². The molecule has 2 N–H and O–H groups in total. The minimum absolute atomic E-state index is 0.00960. The lowest BCUT2D eigenvalue weighted by molar-refractivity contribution is 0.263. The van der Waals surface area contributed by atoms with Gasteiger partial charge in [0.05, 0.1) is 65.1 Å². The Hall–Kier alpha value is -6.97. The predicted molar refractivity (Wildman–Crippen MR) is 218 cm³/mol. The SMILES string of the molecule is N#CCC(c1cccc(S(=O)(=O)CCc2ccccc2)c1)n1cc(-c2ncnc3[nH]ccc23)cn1.N#CCC1CCC(n2cc(-c3ncnc4[nH]ccc34)cn2)CC1. The quantitative estimate of drug-likeness (QED) is 0.130. The van der Waals surface area contributed by atoms with Crippen molar-refractivity contribution < 1.29 is 8.42 Å². The molecule has 0 bridgehead atoms. The molecule has 0 aliphatic heterocycles. The van der Waals surface area contributed by atoms with Crippen molar-refractivity contribution in [1.82, 2.24) is 49.5 Å². The van der Waals surface area contributed by atoms with E-state index >= 15 is 0 Å². The Balaban J connectivity index is 0.000000176. The highest BCUT2D eigenvalue weighted by Crippen LogP contribution is 2.35. The van der Waals surface area contributed by atoms with E-state index in [1.54, 1.807) is 41.6 Å². The zero-order valence-corrected chi connectivity index (χ0v) is 32.4. The summed E-state index contributed by atoms with van der Waals surface area (Å²) in [5.41, 5.74) is 6.71. The van der Waals surface area contributed by atoms with Crippen molar-refractivity contribution in [2.45, 2.75) is 61.9 Å². The van der Waals surface area contributed by atoms with Crippen LogP contribution >= 0.6 is 0 Å². The number of aromatic nitrogens is 10. The Morgan fingerprint density at radius 3 is 2.10 bits per heavy atom. The zero-order chi connectivity index (χ0) is 39.9. The molecule has 58 heavy (non-hydrogen) atoms. The molecule has 0 amide bonds. The Kier molecular flexibility index (Phi) is 11.1. The van der Waals surface area contributed by atoms with Crippen molar-refractivity contribution in [2.75, 3.05) is 5.75 Å². The molecule has 290 valence electrons. The van der Waals surface area contributed by atoms with Gasteiger partial charge in [-0.1, -0.05) is 42.5 Å². The number of sulfone groups is 1. The Morgan fingerprint density at radius 1 is 0.759 bits per heavy atom. The molecule has 8 aromatic rings. The van der Waals surface area contributed by atoms with Gasteiger partial charge in [-0.05, 0) is 73.4 Å². The van der Waals surface area contributed by atoms with Crippen LogP contribution in [-0.2, 0) is 16.3 Å². The molecule has 0 radical (unpaired) electrons. The van der Waals surface area contributed by atoms with Crippen LogP contribution in [-0.4, -0.2) is 63.6 Å². The van der Waals surface area contributed by atoms with E-state index in [9.17, 15) is 13.7 Å². The highest BCUT2D eigenvalue weighted by Gasteiger charge is 2.24. The summed E-state index contributed by atoms with van der Waals surface area (Å²) in [6.07, 6.45) is 19.9. The Morgan fingerprint density at radius 2 is 1.43 bits per heavy atom. The molecule has 0 saturated heterocycles. The Labute approximate surface area is 335 Å². The van der Waals surface area contributed by atoms with E-state index in [-0.39, 0.29) is 17.1 Å². The smallest absolute Gasteiger partial charge is 0.178 e. The van der Waals surface area contributed by atoms with Crippen LogP contribution in [0.4, 0.5) is 0 Å². The maximum atomic E-state index is 13.1. The number of aryl methyl sites for hydroxylation is 1. The minimum atomic E-state index is -3.50. The number of H-pyrrole nitrogens is 2. The molecule has 1 unspecified atom stereocenters. The normalized spacial score (nSPS) is 16.0. The van der Waals surface area contributed by atoms with Crippen LogP contribution in [0, 0.1) is 28.6 Å². The van der Waals surface area contributed by atoms with E-state index in [0.29, 0.717) is 30.4 Å². The number of hydrogen-bond donors (Lipinski definition) is 2. The summed E-state index contributed by atoms with van der Waals surface area (Å²) < 4.78 is 29.9. The summed E-state index contributed by atoms with van der Waals surface area (Å²) in [5, 5.41) is 29.3. The minimum Gasteiger partial charge on any atom is -0.346 e. The van der Waals surface area contributed by atoms with Crippen molar-refractivity contribution >= 4 is 31.9 Å². The fourth-order valence-electron chi connectivity index (χ4n) is 7.62. The summed E-state index contributed by atoms with van der Waals surface area (Å²) in [4.78, 5) is 23.7. The molecular weight excluding hydrogens is 749 g/mol. The first-order valence-corrected chi connectivity index (χ1v) is 20.8. The lowest BCUT2D eigenvalue weighted by atomic mass is 9.84. The number of aromatic amines is 2. The third-order valence-corrected chi connectivity index (χ3v) is 12.5. The monoisotopic (exact) mass is 788 g/mol. The van der Waals surface area contributed by atoms with Crippen LogP contribution in [0.15, 0.2) is 121 Å². The summed E-state index contributed by atoms with van der Waals surface area (Å²) in [6.45, 7) is 0. The lowest BCUT2D eigenvalue weighted by Crippen LogP contribution is -2.18. The van der Waals surface area contributed by atoms with Gasteiger partial charge in [-0.15, -0.1) is 0 Å². The van der Waals surface area contributed by atoms with Gasteiger partial charge in [-0.3, -0.25) is 9.36 Å². The third kappa shape index (κ3) is 8.26. The second-order valence-corrected chi connectivity index (χ2v) is 16.5. The van der Waals surface area contributed by atoms with Gasteiger partial charge in [0, 0.05) is 53.1 Å². The molecule has 15 heteroatoms. The summed E-state index contributed by atoms with van der Waals surface area (Å²) in [5.74, 6) is 0.572.